The summed E-state index contributed by atoms with van der Waals surface area (Å²) in [7, 11) is 0. The number of hydrogen-bond donors (Lipinski definition) is 1. The molecule has 2 bridgehead atoms. The maximum absolute atomic E-state index is 12.4. The van der Waals surface area contributed by atoms with Crippen molar-refractivity contribution in [3.63, 3.8) is 0 Å². The molecule has 0 radical (unpaired) electrons. The minimum absolute atomic E-state index is 0.104. The van der Waals surface area contributed by atoms with E-state index in [1.165, 1.54) is 24.6 Å². The van der Waals surface area contributed by atoms with Crippen LogP contribution in [-0.4, -0.2) is 27.7 Å². The van der Waals surface area contributed by atoms with Gasteiger partial charge >= 0.3 is 0 Å². The van der Waals surface area contributed by atoms with E-state index in [9.17, 15) is 4.79 Å². The lowest BCUT2D eigenvalue weighted by atomic mass is 9.69. The van der Waals surface area contributed by atoms with Crippen molar-refractivity contribution in [2.75, 3.05) is 5.75 Å². The van der Waals surface area contributed by atoms with E-state index in [2.05, 4.69) is 36.1 Å². The van der Waals surface area contributed by atoms with Gasteiger partial charge in [-0.25, -0.2) is 9.97 Å². The Morgan fingerprint density at radius 2 is 1.96 bits per heavy atom. The number of fused-ring (bicyclic) bond motifs is 2. The summed E-state index contributed by atoms with van der Waals surface area (Å²) >= 11 is 1.42. The third kappa shape index (κ3) is 2.88. The summed E-state index contributed by atoms with van der Waals surface area (Å²) in [6.07, 6.45) is 3.66. The normalized spacial score (nSPS) is 31.3. The van der Waals surface area contributed by atoms with Gasteiger partial charge < -0.3 is 5.32 Å². The van der Waals surface area contributed by atoms with E-state index < -0.39 is 0 Å². The largest absolute Gasteiger partial charge is 0.352 e. The highest BCUT2D eigenvalue weighted by molar-refractivity contribution is 7.99. The van der Waals surface area contributed by atoms with Crippen LogP contribution in [-0.2, 0) is 4.79 Å². The first-order valence-electron chi connectivity index (χ1n) is 8.47. The summed E-state index contributed by atoms with van der Waals surface area (Å²) in [5.41, 5.74) is 2.45. The smallest absolute Gasteiger partial charge is 0.230 e. The van der Waals surface area contributed by atoms with E-state index in [4.69, 9.17) is 0 Å². The van der Waals surface area contributed by atoms with Gasteiger partial charge in [0, 0.05) is 17.4 Å². The summed E-state index contributed by atoms with van der Waals surface area (Å²) < 4.78 is 0. The van der Waals surface area contributed by atoms with Crippen molar-refractivity contribution in [1.29, 1.82) is 0 Å². The summed E-state index contributed by atoms with van der Waals surface area (Å²) in [5, 5.41) is 3.98. The molecule has 4 nitrogen and oxygen atoms in total. The molecule has 3 rings (SSSR count). The van der Waals surface area contributed by atoms with Gasteiger partial charge in [-0.2, -0.15) is 0 Å². The second kappa shape index (κ2) is 5.76. The summed E-state index contributed by atoms with van der Waals surface area (Å²) in [6.45, 7) is 11.0. The van der Waals surface area contributed by atoms with Crippen LogP contribution in [0.5, 0.6) is 0 Å². The predicted molar refractivity (Wildman–Crippen MR) is 93.4 cm³/mol. The molecule has 0 aromatic carbocycles. The summed E-state index contributed by atoms with van der Waals surface area (Å²) in [6, 6.07) is 2.26. The molecule has 1 aromatic rings. The van der Waals surface area contributed by atoms with Crippen molar-refractivity contribution in [2.45, 2.75) is 65.1 Å². The van der Waals surface area contributed by atoms with Crippen LogP contribution in [0.2, 0.25) is 0 Å². The molecule has 1 aromatic heterocycles. The Balaban J connectivity index is 1.58. The molecule has 2 saturated carbocycles. The molecule has 3 atom stereocenters. The van der Waals surface area contributed by atoms with E-state index in [1.807, 2.05) is 19.9 Å². The summed E-state index contributed by atoms with van der Waals surface area (Å²) in [4.78, 5) is 21.2. The van der Waals surface area contributed by atoms with Gasteiger partial charge in [0.05, 0.1) is 5.75 Å². The number of hydrogen-bond acceptors (Lipinski definition) is 4. The maximum Gasteiger partial charge on any atom is 0.230 e. The van der Waals surface area contributed by atoms with Crippen LogP contribution in [0.1, 0.15) is 51.4 Å². The standard InChI is InChI=1S/C18H27N3OS/c1-11-8-12(2)20-16(19-11)23-10-15(22)21-14-9-13-6-7-18(14,5)17(13,3)4/h8,13-14H,6-7,9-10H2,1-5H3,(H,21,22)/t13-,14+,18-/m1/s1. The Kier molecular flexibility index (Phi) is 4.20. The number of carbonyl (C=O) groups is 1. The van der Waals surface area contributed by atoms with Gasteiger partial charge in [0.1, 0.15) is 0 Å². The molecular formula is C18H27N3OS. The zero-order valence-corrected chi connectivity index (χ0v) is 15.6. The number of nitrogens with one attached hydrogen (secondary N) is 1. The number of carbonyl (C=O) groups excluding carboxylic acids is 1. The minimum Gasteiger partial charge on any atom is -0.352 e. The Morgan fingerprint density at radius 3 is 2.48 bits per heavy atom. The maximum atomic E-state index is 12.4. The van der Waals surface area contributed by atoms with Gasteiger partial charge in [-0.1, -0.05) is 32.5 Å². The van der Waals surface area contributed by atoms with Crippen molar-refractivity contribution >= 4 is 17.7 Å². The first kappa shape index (κ1) is 16.7. The molecule has 0 spiro atoms. The molecule has 2 aliphatic carbocycles. The Hall–Kier alpha value is -1.10. The van der Waals surface area contributed by atoms with Crippen molar-refractivity contribution in [3.05, 3.63) is 17.5 Å². The zero-order valence-electron chi connectivity index (χ0n) is 14.8. The lowest BCUT2D eigenvalue weighted by Gasteiger charge is -2.39. The van der Waals surface area contributed by atoms with E-state index in [1.54, 1.807) is 0 Å². The Morgan fingerprint density at radius 1 is 1.30 bits per heavy atom. The molecule has 0 saturated heterocycles. The van der Waals surface area contributed by atoms with Gasteiger partial charge in [-0.15, -0.1) is 0 Å². The highest BCUT2D eigenvalue weighted by Crippen LogP contribution is 2.65. The average molecular weight is 334 g/mol. The Bertz CT molecular complexity index is 610. The van der Waals surface area contributed by atoms with Crippen LogP contribution < -0.4 is 5.32 Å². The molecule has 0 unspecified atom stereocenters. The van der Waals surface area contributed by atoms with Crippen molar-refractivity contribution in [1.82, 2.24) is 15.3 Å². The van der Waals surface area contributed by atoms with E-state index in [-0.39, 0.29) is 11.3 Å². The second-order valence-corrected chi connectivity index (χ2v) is 8.90. The summed E-state index contributed by atoms with van der Waals surface area (Å²) in [5.74, 6) is 1.24. The van der Waals surface area contributed by atoms with Crippen LogP contribution in [0, 0.1) is 30.6 Å². The fourth-order valence-electron chi connectivity index (χ4n) is 4.55. The van der Waals surface area contributed by atoms with Gasteiger partial charge in [-0.05, 0) is 55.9 Å². The number of nitrogens with zero attached hydrogens (tertiary/aromatic N) is 2. The molecule has 126 valence electrons. The topological polar surface area (TPSA) is 54.9 Å². The molecule has 0 aliphatic heterocycles. The molecule has 23 heavy (non-hydrogen) atoms. The van der Waals surface area contributed by atoms with Crippen molar-refractivity contribution in [2.24, 2.45) is 16.7 Å². The van der Waals surface area contributed by atoms with Crippen LogP contribution in [0.15, 0.2) is 11.2 Å². The molecule has 2 aliphatic rings. The second-order valence-electron chi connectivity index (χ2n) is 7.95. The fraction of sp³-hybridized carbons (Fsp3) is 0.722. The SMILES string of the molecule is Cc1cc(C)nc(SCC(=O)N[C@H]2C[C@H]3CC[C@@]2(C)C3(C)C)n1. The third-order valence-corrected chi connectivity index (χ3v) is 7.27. The van der Waals surface area contributed by atoms with E-state index in [0.717, 1.165) is 23.7 Å². The van der Waals surface area contributed by atoms with Crippen LogP contribution in [0.4, 0.5) is 0 Å². The van der Waals surface area contributed by atoms with Gasteiger partial charge in [0.25, 0.3) is 0 Å². The average Bonchev–Trinajstić information content (AvgIpc) is 2.77. The minimum atomic E-state index is 0.104. The fourth-order valence-corrected chi connectivity index (χ4v) is 5.31. The molecule has 5 heteroatoms. The monoisotopic (exact) mass is 333 g/mol. The number of amides is 1. The quantitative estimate of drug-likeness (QED) is 0.676. The predicted octanol–water partition coefficient (Wildman–Crippen LogP) is 3.52. The highest BCUT2D eigenvalue weighted by atomic mass is 32.2. The van der Waals surface area contributed by atoms with Crippen molar-refractivity contribution in [3.8, 4) is 0 Å². The van der Waals surface area contributed by atoms with Crippen LogP contribution >= 0.6 is 11.8 Å². The first-order valence-corrected chi connectivity index (χ1v) is 9.45. The van der Waals surface area contributed by atoms with Crippen LogP contribution in [0.3, 0.4) is 0 Å². The first-order chi connectivity index (χ1) is 10.7. The third-order valence-electron chi connectivity index (χ3n) is 6.42. The lowest BCUT2D eigenvalue weighted by molar-refractivity contribution is -0.120. The molecule has 1 heterocycles. The zero-order chi connectivity index (χ0) is 16.8. The number of aryl methyl sites for hydroxylation is 2. The van der Waals surface area contributed by atoms with Crippen molar-refractivity contribution < 1.29 is 4.79 Å². The van der Waals surface area contributed by atoms with E-state index in [0.29, 0.717) is 22.4 Å². The van der Waals surface area contributed by atoms with E-state index >= 15 is 0 Å². The molecule has 2 fully saturated rings. The Labute approximate surface area is 143 Å². The number of thioether (sulfide) groups is 1. The van der Waals surface area contributed by atoms with Gasteiger partial charge in [0.15, 0.2) is 5.16 Å². The highest BCUT2D eigenvalue weighted by Gasteiger charge is 2.61. The molecular weight excluding hydrogens is 306 g/mol. The molecule has 1 amide bonds. The number of rotatable bonds is 4. The van der Waals surface area contributed by atoms with Gasteiger partial charge in [-0.3, -0.25) is 4.79 Å². The van der Waals surface area contributed by atoms with Crippen LogP contribution in [0.25, 0.3) is 0 Å². The number of aromatic nitrogens is 2. The van der Waals surface area contributed by atoms with Gasteiger partial charge in [0.2, 0.25) is 5.91 Å². The molecule has 1 N–H and O–H groups in total. The lowest BCUT2D eigenvalue weighted by Crippen LogP contribution is -2.47.